The molecule has 0 aromatic carbocycles. The van der Waals surface area contributed by atoms with Crippen LogP contribution in [0.4, 0.5) is 0 Å². The van der Waals surface area contributed by atoms with Crippen molar-refractivity contribution in [3.8, 4) is 0 Å². The molecule has 1 aliphatic rings. The van der Waals surface area contributed by atoms with Gasteiger partial charge >= 0.3 is 0 Å². The van der Waals surface area contributed by atoms with Crippen LogP contribution in [0.25, 0.3) is 0 Å². The van der Waals surface area contributed by atoms with Crippen molar-refractivity contribution in [2.45, 2.75) is 32.3 Å². The third-order valence-corrected chi connectivity index (χ3v) is 1.85. The number of aliphatic hydroxyl groups is 1. The van der Waals surface area contributed by atoms with Gasteiger partial charge in [0.25, 0.3) is 0 Å². The number of rotatable bonds is 0. The molecule has 0 bridgehead atoms. The van der Waals surface area contributed by atoms with Crippen LogP contribution in [0.1, 0.15) is 26.2 Å². The minimum Gasteiger partial charge on any atom is -0.393 e. The first-order valence-corrected chi connectivity index (χ1v) is 3.32. The van der Waals surface area contributed by atoms with Crippen molar-refractivity contribution >= 4 is 0 Å². The number of hydrogen-bond donors (Lipinski definition) is 1. The van der Waals surface area contributed by atoms with Crippen molar-refractivity contribution in [2.75, 3.05) is 0 Å². The van der Waals surface area contributed by atoms with E-state index in [1.165, 1.54) is 12.8 Å². The van der Waals surface area contributed by atoms with Crippen LogP contribution in [-0.2, 0) is 0 Å². The first kappa shape index (κ1) is 6.09. The van der Waals surface area contributed by atoms with Crippen molar-refractivity contribution in [3.63, 3.8) is 0 Å². The normalized spacial score (nSPS) is 39.8. The molecule has 2 unspecified atom stereocenters. The molecule has 1 radical (unpaired) electrons. The van der Waals surface area contributed by atoms with Gasteiger partial charge in [0, 0.05) is 0 Å². The smallest absolute Gasteiger partial charge is 0.0597 e. The largest absolute Gasteiger partial charge is 0.393 e. The van der Waals surface area contributed by atoms with E-state index in [0.717, 1.165) is 6.42 Å². The van der Waals surface area contributed by atoms with E-state index in [4.69, 9.17) is 5.11 Å². The average molecular weight is 113 g/mol. The Balaban J connectivity index is 2.28. The molecule has 1 fully saturated rings. The minimum atomic E-state index is -0.122. The van der Waals surface area contributed by atoms with Gasteiger partial charge < -0.3 is 5.11 Å². The van der Waals surface area contributed by atoms with Gasteiger partial charge in [0.05, 0.1) is 6.10 Å². The highest BCUT2D eigenvalue weighted by molar-refractivity contribution is 4.84. The molecule has 0 saturated heterocycles. The summed E-state index contributed by atoms with van der Waals surface area (Å²) in [5.74, 6) is 0.503. The van der Waals surface area contributed by atoms with E-state index in [-0.39, 0.29) is 6.10 Å². The first-order chi connectivity index (χ1) is 3.80. The van der Waals surface area contributed by atoms with Crippen LogP contribution < -0.4 is 0 Å². The van der Waals surface area contributed by atoms with Crippen molar-refractivity contribution in [1.82, 2.24) is 0 Å². The van der Waals surface area contributed by atoms with Crippen molar-refractivity contribution < 1.29 is 5.11 Å². The van der Waals surface area contributed by atoms with Gasteiger partial charge in [-0.15, -0.1) is 0 Å². The second kappa shape index (κ2) is 2.49. The minimum absolute atomic E-state index is 0.122. The van der Waals surface area contributed by atoms with Gasteiger partial charge in [-0.1, -0.05) is 13.3 Å². The number of aliphatic hydroxyl groups excluding tert-OH is 1. The summed E-state index contributed by atoms with van der Waals surface area (Å²) in [6.07, 6.45) is 5.44. The zero-order valence-corrected chi connectivity index (χ0v) is 5.30. The van der Waals surface area contributed by atoms with Gasteiger partial charge in [-0.25, -0.2) is 0 Å². The Bertz CT molecular complexity index is 60.8. The Morgan fingerprint density at radius 2 is 2.38 bits per heavy atom. The second-order valence-electron chi connectivity index (χ2n) is 2.63. The molecule has 1 aliphatic carbocycles. The quantitative estimate of drug-likeness (QED) is 0.503. The summed E-state index contributed by atoms with van der Waals surface area (Å²) >= 11 is 0. The van der Waals surface area contributed by atoms with Crippen LogP contribution in [0.2, 0.25) is 0 Å². The molecule has 0 aromatic heterocycles. The SMILES string of the molecule is CC1CCC[CH]C1O. The fourth-order valence-corrected chi connectivity index (χ4v) is 1.13. The molecule has 8 heavy (non-hydrogen) atoms. The second-order valence-corrected chi connectivity index (χ2v) is 2.63. The van der Waals surface area contributed by atoms with E-state index in [1.54, 1.807) is 0 Å². The van der Waals surface area contributed by atoms with Crippen LogP contribution >= 0.6 is 0 Å². The van der Waals surface area contributed by atoms with Crippen LogP contribution in [0.5, 0.6) is 0 Å². The molecule has 2 atom stereocenters. The topological polar surface area (TPSA) is 20.2 Å². The molecule has 0 spiro atoms. The van der Waals surface area contributed by atoms with E-state index < -0.39 is 0 Å². The van der Waals surface area contributed by atoms with Gasteiger partial charge in [-0.05, 0) is 25.2 Å². The fourth-order valence-electron chi connectivity index (χ4n) is 1.13. The Morgan fingerprint density at radius 1 is 1.62 bits per heavy atom. The monoisotopic (exact) mass is 113 g/mol. The predicted molar refractivity (Wildman–Crippen MR) is 33.3 cm³/mol. The molecule has 1 N–H and O–H groups in total. The molecular weight excluding hydrogens is 100 g/mol. The Kier molecular flexibility index (Phi) is 1.90. The van der Waals surface area contributed by atoms with E-state index in [9.17, 15) is 0 Å². The highest BCUT2D eigenvalue weighted by Crippen LogP contribution is 2.22. The van der Waals surface area contributed by atoms with Crippen molar-refractivity contribution in [3.05, 3.63) is 6.42 Å². The predicted octanol–water partition coefficient (Wildman–Crippen LogP) is 1.37. The summed E-state index contributed by atoms with van der Waals surface area (Å²) < 4.78 is 0. The van der Waals surface area contributed by atoms with Crippen molar-refractivity contribution in [1.29, 1.82) is 0 Å². The summed E-state index contributed by atoms with van der Waals surface area (Å²) in [5.41, 5.74) is 0. The highest BCUT2D eigenvalue weighted by atomic mass is 16.3. The first-order valence-electron chi connectivity index (χ1n) is 3.32. The standard InChI is InChI=1S/C7H13O/c1-6-4-2-3-5-7(6)8/h5-8H,2-4H2,1H3. The van der Waals surface area contributed by atoms with E-state index in [1.807, 2.05) is 6.42 Å². The maximum Gasteiger partial charge on any atom is 0.0597 e. The molecular formula is C7H13O. The maximum atomic E-state index is 9.12. The molecule has 47 valence electrons. The van der Waals surface area contributed by atoms with Crippen LogP contribution in [-0.4, -0.2) is 11.2 Å². The van der Waals surface area contributed by atoms with Crippen LogP contribution in [0.15, 0.2) is 0 Å². The lowest BCUT2D eigenvalue weighted by Gasteiger charge is -2.22. The van der Waals surface area contributed by atoms with Gasteiger partial charge in [-0.2, -0.15) is 0 Å². The molecule has 1 rings (SSSR count). The molecule has 0 aromatic rings. The van der Waals surface area contributed by atoms with Crippen molar-refractivity contribution in [2.24, 2.45) is 5.92 Å². The Hall–Kier alpha value is -0.0400. The highest BCUT2D eigenvalue weighted by Gasteiger charge is 2.17. The molecule has 0 heterocycles. The lowest BCUT2D eigenvalue weighted by atomic mass is 9.88. The average Bonchev–Trinajstić information content (AvgIpc) is 1.77. The maximum absolute atomic E-state index is 9.12. The zero-order valence-electron chi connectivity index (χ0n) is 5.30. The lowest BCUT2D eigenvalue weighted by molar-refractivity contribution is 0.121. The van der Waals surface area contributed by atoms with Gasteiger partial charge in [0.1, 0.15) is 0 Å². The number of hydrogen-bond acceptors (Lipinski definition) is 1. The Labute approximate surface area is 50.7 Å². The third-order valence-electron chi connectivity index (χ3n) is 1.85. The van der Waals surface area contributed by atoms with Crippen LogP contribution in [0, 0.1) is 12.3 Å². The summed E-state index contributed by atoms with van der Waals surface area (Å²) in [4.78, 5) is 0. The summed E-state index contributed by atoms with van der Waals surface area (Å²) in [7, 11) is 0. The van der Waals surface area contributed by atoms with Gasteiger partial charge in [0.2, 0.25) is 0 Å². The van der Waals surface area contributed by atoms with E-state index in [2.05, 4.69) is 6.92 Å². The molecule has 1 heteroatoms. The molecule has 0 aliphatic heterocycles. The molecule has 0 amide bonds. The van der Waals surface area contributed by atoms with E-state index >= 15 is 0 Å². The summed E-state index contributed by atoms with van der Waals surface area (Å²) in [6.45, 7) is 2.10. The van der Waals surface area contributed by atoms with E-state index in [0.29, 0.717) is 5.92 Å². The third kappa shape index (κ3) is 1.22. The lowest BCUT2D eigenvalue weighted by Crippen LogP contribution is -2.21. The summed E-state index contributed by atoms with van der Waals surface area (Å²) in [6, 6.07) is 0. The zero-order chi connectivity index (χ0) is 5.98. The summed E-state index contributed by atoms with van der Waals surface area (Å²) in [5, 5.41) is 9.12. The van der Waals surface area contributed by atoms with Crippen LogP contribution in [0.3, 0.4) is 0 Å². The van der Waals surface area contributed by atoms with Gasteiger partial charge in [0.15, 0.2) is 0 Å². The fraction of sp³-hybridized carbons (Fsp3) is 0.857. The molecule has 1 nitrogen and oxygen atoms in total. The Morgan fingerprint density at radius 3 is 2.75 bits per heavy atom. The molecule has 1 saturated carbocycles. The van der Waals surface area contributed by atoms with Gasteiger partial charge in [-0.3, -0.25) is 0 Å².